The van der Waals surface area contributed by atoms with Gasteiger partial charge in [-0.15, -0.1) is 0 Å². The van der Waals surface area contributed by atoms with Gasteiger partial charge in [-0.3, -0.25) is 4.79 Å². The minimum atomic E-state index is -0.309. The summed E-state index contributed by atoms with van der Waals surface area (Å²) in [6.45, 7) is 3.38. The summed E-state index contributed by atoms with van der Waals surface area (Å²) < 4.78 is 15.4. The average molecular weight is 340 g/mol. The smallest absolute Gasteiger partial charge is 0.270 e. The van der Waals surface area contributed by atoms with Crippen molar-refractivity contribution in [2.45, 2.75) is 25.7 Å². The fourth-order valence-corrected chi connectivity index (χ4v) is 3.77. The van der Waals surface area contributed by atoms with E-state index in [-0.39, 0.29) is 17.6 Å². The highest BCUT2D eigenvalue weighted by Gasteiger charge is 2.28. The number of aromatic amines is 1. The summed E-state index contributed by atoms with van der Waals surface area (Å²) >= 11 is 0. The number of fused-ring (bicyclic) bond motifs is 1. The molecular weight excluding hydrogens is 319 g/mol. The van der Waals surface area contributed by atoms with Gasteiger partial charge in [-0.1, -0.05) is 0 Å². The number of amides is 1. The second-order valence-electron chi connectivity index (χ2n) is 6.86. The molecule has 0 spiro atoms. The third-order valence-electron chi connectivity index (χ3n) is 4.92. The van der Waals surface area contributed by atoms with Crippen molar-refractivity contribution in [1.29, 1.82) is 0 Å². The summed E-state index contributed by atoms with van der Waals surface area (Å²) in [7, 11) is 2.00. The molecule has 1 unspecified atom stereocenters. The number of likely N-dealkylation sites (tertiary alicyclic amines) is 1. The Kier molecular flexibility index (Phi) is 3.82. The minimum absolute atomic E-state index is 0.0350. The van der Waals surface area contributed by atoms with Gasteiger partial charge in [-0.05, 0) is 44.0 Å². The molecule has 0 saturated carbocycles. The van der Waals surface area contributed by atoms with Crippen LogP contribution in [0.5, 0.6) is 0 Å². The van der Waals surface area contributed by atoms with Crippen molar-refractivity contribution in [3.8, 4) is 0 Å². The molecule has 1 atom stereocenters. The van der Waals surface area contributed by atoms with Crippen LogP contribution in [0.3, 0.4) is 0 Å². The molecule has 0 radical (unpaired) electrons. The van der Waals surface area contributed by atoms with Crippen LogP contribution in [0.4, 0.5) is 4.39 Å². The molecule has 3 heterocycles. The van der Waals surface area contributed by atoms with E-state index < -0.39 is 0 Å². The van der Waals surface area contributed by atoms with Crippen molar-refractivity contribution < 1.29 is 9.18 Å². The molecule has 1 aromatic carbocycles. The Balaban J connectivity index is 1.57. The zero-order chi connectivity index (χ0) is 17.6. The lowest BCUT2D eigenvalue weighted by Crippen LogP contribution is -2.39. The molecule has 1 saturated heterocycles. The van der Waals surface area contributed by atoms with Crippen LogP contribution in [0.25, 0.3) is 10.9 Å². The molecule has 5 nitrogen and oxygen atoms in total. The summed E-state index contributed by atoms with van der Waals surface area (Å²) in [4.78, 5) is 22.4. The molecule has 1 N–H and O–H groups in total. The van der Waals surface area contributed by atoms with E-state index in [2.05, 4.69) is 14.5 Å². The number of H-pyrrole nitrogens is 1. The Morgan fingerprint density at radius 1 is 1.36 bits per heavy atom. The van der Waals surface area contributed by atoms with Crippen molar-refractivity contribution in [2.24, 2.45) is 7.05 Å². The standard InChI is InChI=1S/C19H21FN4O/c1-12-10-23(2)18(21-12)14-4-3-7-24(11-14)19(25)17-8-13-5-6-15(20)9-16(13)22-17/h5-6,8-10,14,22H,3-4,7,11H2,1-2H3. The van der Waals surface area contributed by atoms with Crippen LogP contribution in [0.1, 0.15) is 40.8 Å². The Morgan fingerprint density at radius 3 is 2.96 bits per heavy atom. The van der Waals surface area contributed by atoms with Gasteiger partial charge in [0.15, 0.2) is 0 Å². The fraction of sp³-hybridized carbons (Fsp3) is 0.368. The first kappa shape index (κ1) is 15.9. The van der Waals surface area contributed by atoms with Crippen molar-refractivity contribution in [3.63, 3.8) is 0 Å². The topological polar surface area (TPSA) is 53.9 Å². The van der Waals surface area contributed by atoms with Crippen LogP contribution in [0.15, 0.2) is 30.5 Å². The van der Waals surface area contributed by atoms with E-state index in [9.17, 15) is 9.18 Å². The summed E-state index contributed by atoms with van der Waals surface area (Å²) in [5.41, 5.74) is 2.16. The highest BCUT2D eigenvalue weighted by Crippen LogP contribution is 2.27. The first-order valence-electron chi connectivity index (χ1n) is 8.58. The average Bonchev–Trinajstić information content (AvgIpc) is 3.16. The van der Waals surface area contributed by atoms with Crippen LogP contribution in [0, 0.1) is 12.7 Å². The molecule has 0 bridgehead atoms. The van der Waals surface area contributed by atoms with E-state index in [4.69, 9.17) is 0 Å². The summed E-state index contributed by atoms with van der Waals surface area (Å²) in [6, 6.07) is 6.31. The maximum atomic E-state index is 13.4. The molecule has 4 rings (SSSR count). The van der Waals surface area contributed by atoms with Crippen molar-refractivity contribution in [3.05, 3.63) is 53.5 Å². The third-order valence-corrected chi connectivity index (χ3v) is 4.92. The van der Waals surface area contributed by atoms with Crippen molar-refractivity contribution in [1.82, 2.24) is 19.4 Å². The zero-order valence-corrected chi connectivity index (χ0v) is 14.4. The van der Waals surface area contributed by atoms with Gasteiger partial charge < -0.3 is 14.5 Å². The van der Waals surface area contributed by atoms with E-state index in [1.165, 1.54) is 12.1 Å². The lowest BCUT2D eigenvalue weighted by Gasteiger charge is -2.32. The fourth-order valence-electron chi connectivity index (χ4n) is 3.77. The predicted molar refractivity (Wildman–Crippen MR) is 94.1 cm³/mol. The first-order valence-corrected chi connectivity index (χ1v) is 8.58. The molecule has 1 aliphatic rings. The maximum absolute atomic E-state index is 13.4. The van der Waals surface area contributed by atoms with E-state index in [0.717, 1.165) is 36.3 Å². The third kappa shape index (κ3) is 2.92. The summed E-state index contributed by atoms with van der Waals surface area (Å²) in [6.07, 6.45) is 4.01. The lowest BCUT2D eigenvalue weighted by atomic mass is 9.97. The molecule has 25 heavy (non-hydrogen) atoms. The van der Waals surface area contributed by atoms with E-state index in [1.807, 2.05) is 25.1 Å². The number of imidazole rings is 1. The zero-order valence-electron chi connectivity index (χ0n) is 14.4. The number of aromatic nitrogens is 3. The number of hydrogen-bond acceptors (Lipinski definition) is 2. The molecule has 1 aliphatic heterocycles. The lowest BCUT2D eigenvalue weighted by molar-refractivity contribution is 0.0698. The number of carbonyl (C=O) groups is 1. The van der Waals surface area contributed by atoms with Gasteiger partial charge in [0.2, 0.25) is 0 Å². The summed E-state index contributed by atoms with van der Waals surface area (Å²) in [5.74, 6) is 0.940. The minimum Gasteiger partial charge on any atom is -0.350 e. The Bertz CT molecular complexity index is 942. The van der Waals surface area contributed by atoms with Gasteiger partial charge in [0.25, 0.3) is 5.91 Å². The number of nitrogens with zero attached hydrogens (tertiary/aromatic N) is 3. The second-order valence-corrected chi connectivity index (χ2v) is 6.86. The van der Waals surface area contributed by atoms with Crippen molar-refractivity contribution >= 4 is 16.8 Å². The second kappa shape index (κ2) is 6.02. The van der Waals surface area contributed by atoms with E-state index in [1.54, 1.807) is 12.1 Å². The molecule has 0 aliphatic carbocycles. The monoisotopic (exact) mass is 340 g/mol. The van der Waals surface area contributed by atoms with Gasteiger partial charge in [0, 0.05) is 43.2 Å². The van der Waals surface area contributed by atoms with Crippen LogP contribution in [-0.2, 0) is 7.05 Å². The molecule has 2 aromatic heterocycles. The number of rotatable bonds is 2. The highest BCUT2D eigenvalue weighted by molar-refractivity contribution is 5.98. The molecule has 1 fully saturated rings. The Morgan fingerprint density at radius 2 is 2.20 bits per heavy atom. The maximum Gasteiger partial charge on any atom is 0.270 e. The van der Waals surface area contributed by atoms with Crippen LogP contribution in [-0.4, -0.2) is 38.4 Å². The molecule has 6 heteroatoms. The molecule has 130 valence electrons. The Hall–Kier alpha value is -2.63. The van der Waals surface area contributed by atoms with Gasteiger partial charge in [-0.2, -0.15) is 0 Å². The van der Waals surface area contributed by atoms with Gasteiger partial charge in [0.05, 0.1) is 5.69 Å². The molecule has 3 aromatic rings. The SMILES string of the molecule is Cc1cn(C)c(C2CCCN(C(=O)c3cc4ccc(F)cc4[nH]3)C2)n1. The number of benzene rings is 1. The summed E-state index contributed by atoms with van der Waals surface area (Å²) in [5, 5.41) is 0.845. The van der Waals surface area contributed by atoms with Gasteiger partial charge in [-0.25, -0.2) is 9.37 Å². The van der Waals surface area contributed by atoms with E-state index in [0.29, 0.717) is 17.8 Å². The van der Waals surface area contributed by atoms with Crippen molar-refractivity contribution in [2.75, 3.05) is 13.1 Å². The number of aryl methyl sites for hydroxylation is 2. The molecule has 1 amide bonds. The van der Waals surface area contributed by atoms with E-state index >= 15 is 0 Å². The number of nitrogens with one attached hydrogen (secondary N) is 1. The quantitative estimate of drug-likeness (QED) is 0.778. The van der Waals surface area contributed by atoms with Crippen LogP contribution >= 0.6 is 0 Å². The highest BCUT2D eigenvalue weighted by atomic mass is 19.1. The first-order chi connectivity index (χ1) is 12.0. The molecular formula is C19H21FN4O. The number of hydrogen-bond donors (Lipinski definition) is 1. The van der Waals surface area contributed by atoms with Crippen LogP contribution < -0.4 is 0 Å². The van der Waals surface area contributed by atoms with Gasteiger partial charge >= 0.3 is 0 Å². The van der Waals surface area contributed by atoms with Crippen LogP contribution in [0.2, 0.25) is 0 Å². The largest absolute Gasteiger partial charge is 0.350 e. The van der Waals surface area contributed by atoms with Gasteiger partial charge in [0.1, 0.15) is 17.3 Å². The number of halogens is 1. The number of piperidine rings is 1. The Labute approximate surface area is 145 Å². The normalized spacial score (nSPS) is 18.0. The predicted octanol–water partition coefficient (Wildman–Crippen LogP) is 3.37. The number of carbonyl (C=O) groups excluding carboxylic acids is 1.